The first-order chi connectivity index (χ1) is 8.26. The van der Waals surface area contributed by atoms with Crippen LogP contribution in [0, 0.1) is 6.92 Å². The van der Waals surface area contributed by atoms with Crippen molar-refractivity contribution < 1.29 is 4.74 Å². The second-order valence-corrected chi connectivity index (χ2v) is 4.38. The maximum absolute atomic E-state index is 5.53. The Labute approximate surface area is 102 Å². The van der Waals surface area contributed by atoms with Crippen molar-refractivity contribution in [3.8, 4) is 0 Å². The highest BCUT2D eigenvalue weighted by Crippen LogP contribution is 2.26. The number of nitrogens with zero attached hydrogens (tertiary/aromatic N) is 2. The second-order valence-electron chi connectivity index (χ2n) is 4.38. The molecule has 0 amide bonds. The smallest absolute Gasteiger partial charge is 0.147 e. The number of nitrogens with two attached hydrogens (primary N) is 1. The van der Waals surface area contributed by atoms with Crippen LogP contribution in [0.1, 0.15) is 42.8 Å². The van der Waals surface area contributed by atoms with E-state index in [9.17, 15) is 0 Å². The predicted octanol–water partition coefficient (Wildman–Crippen LogP) is 1.53. The standard InChI is InChI=1S/C12H20N4O/c1-3-10-8(2)14-11(15-12(10)16-13)9-4-6-17-7-5-9/h9H,3-7,13H2,1-2H3,(H,14,15,16). The van der Waals surface area contributed by atoms with Crippen LogP contribution in [0.15, 0.2) is 0 Å². The molecule has 2 rings (SSSR count). The van der Waals surface area contributed by atoms with Gasteiger partial charge < -0.3 is 10.2 Å². The Morgan fingerprint density at radius 2 is 2.06 bits per heavy atom. The van der Waals surface area contributed by atoms with Crippen molar-refractivity contribution in [2.45, 2.75) is 39.0 Å². The molecule has 0 aliphatic carbocycles. The molecular weight excluding hydrogens is 216 g/mol. The van der Waals surface area contributed by atoms with Crippen molar-refractivity contribution in [1.29, 1.82) is 0 Å². The molecule has 1 fully saturated rings. The van der Waals surface area contributed by atoms with Gasteiger partial charge in [0.05, 0.1) is 0 Å². The summed E-state index contributed by atoms with van der Waals surface area (Å²) >= 11 is 0. The van der Waals surface area contributed by atoms with E-state index in [4.69, 9.17) is 10.6 Å². The lowest BCUT2D eigenvalue weighted by molar-refractivity contribution is 0.0835. The normalized spacial score (nSPS) is 17.1. The van der Waals surface area contributed by atoms with Gasteiger partial charge in [-0.3, -0.25) is 0 Å². The van der Waals surface area contributed by atoms with Gasteiger partial charge in [0, 0.05) is 30.4 Å². The van der Waals surface area contributed by atoms with Crippen LogP contribution in [0.4, 0.5) is 5.82 Å². The van der Waals surface area contributed by atoms with Gasteiger partial charge in [-0.15, -0.1) is 0 Å². The summed E-state index contributed by atoms with van der Waals surface area (Å²) in [5, 5.41) is 0. The van der Waals surface area contributed by atoms with E-state index in [0.717, 1.165) is 55.4 Å². The number of nitrogen functional groups attached to an aromatic ring is 1. The average molecular weight is 236 g/mol. The minimum absolute atomic E-state index is 0.403. The Kier molecular flexibility index (Phi) is 3.91. The van der Waals surface area contributed by atoms with Gasteiger partial charge in [0.2, 0.25) is 0 Å². The van der Waals surface area contributed by atoms with E-state index in [0.29, 0.717) is 5.92 Å². The number of hydrazine groups is 1. The van der Waals surface area contributed by atoms with Crippen LogP contribution in [0.5, 0.6) is 0 Å². The van der Waals surface area contributed by atoms with Gasteiger partial charge in [-0.25, -0.2) is 15.8 Å². The predicted molar refractivity (Wildman–Crippen MR) is 66.8 cm³/mol. The van der Waals surface area contributed by atoms with Crippen LogP contribution in [-0.2, 0) is 11.2 Å². The molecule has 5 nitrogen and oxygen atoms in total. The van der Waals surface area contributed by atoms with Crippen molar-refractivity contribution in [3.05, 3.63) is 17.1 Å². The Bertz CT molecular complexity index is 388. The van der Waals surface area contributed by atoms with Crippen molar-refractivity contribution in [2.24, 2.45) is 5.84 Å². The molecule has 1 aromatic rings. The molecule has 0 unspecified atom stereocenters. The topological polar surface area (TPSA) is 73.1 Å². The third-order valence-corrected chi connectivity index (χ3v) is 3.31. The van der Waals surface area contributed by atoms with Gasteiger partial charge in [-0.1, -0.05) is 6.92 Å². The van der Waals surface area contributed by atoms with Crippen LogP contribution in [-0.4, -0.2) is 23.2 Å². The molecule has 0 atom stereocenters. The fourth-order valence-corrected chi connectivity index (χ4v) is 2.30. The Hall–Kier alpha value is -1.20. The van der Waals surface area contributed by atoms with Crippen LogP contribution in [0.3, 0.4) is 0 Å². The van der Waals surface area contributed by atoms with Crippen LogP contribution >= 0.6 is 0 Å². The number of ether oxygens (including phenoxy) is 1. The van der Waals surface area contributed by atoms with E-state index in [1.807, 2.05) is 6.92 Å². The number of hydrogen-bond acceptors (Lipinski definition) is 5. The Morgan fingerprint density at radius 3 is 2.65 bits per heavy atom. The molecule has 1 aromatic heterocycles. The zero-order chi connectivity index (χ0) is 12.3. The molecule has 2 heterocycles. The highest BCUT2D eigenvalue weighted by Gasteiger charge is 2.20. The van der Waals surface area contributed by atoms with Crippen molar-refractivity contribution in [3.63, 3.8) is 0 Å². The summed E-state index contributed by atoms with van der Waals surface area (Å²) in [5.74, 6) is 7.60. The maximum atomic E-state index is 5.53. The number of aryl methyl sites for hydroxylation is 1. The Morgan fingerprint density at radius 1 is 1.35 bits per heavy atom. The van der Waals surface area contributed by atoms with Crippen LogP contribution < -0.4 is 11.3 Å². The van der Waals surface area contributed by atoms with Crippen LogP contribution in [0.2, 0.25) is 0 Å². The summed E-state index contributed by atoms with van der Waals surface area (Å²) in [5.41, 5.74) is 4.81. The van der Waals surface area contributed by atoms with E-state index in [1.54, 1.807) is 0 Å². The molecule has 1 saturated heterocycles. The first kappa shape index (κ1) is 12.3. The largest absolute Gasteiger partial charge is 0.381 e. The third-order valence-electron chi connectivity index (χ3n) is 3.31. The maximum Gasteiger partial charge on any atom is 0.147 e. The number of nitrogens with one attached hydrogen (secondary N) is 1. The zero-order valence-corrected chi connectivity index (χ0v) is 10.5. The molecule has 5 heteroatoms. The first-order valence-electron chi connectivity index (χ1n) is 6.18. The quantitative estimate of drug-likeness (QED) is 0.615. The molecule has 94 valence electrons. The highest BCUT2D eigenvalue weighted by molar-refractivity contribution is 5.45. The zero-order valence-electron chi connectivity index (χ0n) is 10.5. The number of aromatic nitrogens is 2. The molecular formula is C12H20N4O. The molecule has 0 saturated carbocycles. The summed E-state index contributed by atoms with van der Waals surface area (Å²) in [7, 11) is 0. The van der Waals surface area contributed by atoms with Gasteiger partial charge in [0.25, 0.3) is 0 Å². The fraction of sp³-hybridized carbons (Fsp3) is 0.667. The van der Waals surface area contributed by atoms with E-state index < -0.39 is 0 Å². The second kappa shape index (κ2) is 5.42. The minimum atomic E-state index is 0.403. The van der Waals surface area contributed by atoms with Crippen molar-refractivity contribution >= 4 is 5.82 Å². The lowest BCUT2D eigenvalue weighted by atomic mass is 9.99. The summed E-state index contributed by atoms with van der Waals surface area (Å²) < 4.78 is 5.36. The lowest BCUT2D eigenvalue weighted by Gasteiger charge is -2.22. The third kappa shape index (κ3) is 2.56. The van der Waals surface area contributed by atoms with Gasteiger partial charge in [-0.05, 0) is 26.2 Å². The van der Waals surface area contributed by atoms with Crippen LogP contribution in [0.25, 0.3) is 0 Å². The highest BCUT2D eigenvalue weighted by atomic mass is 16.5. The summed E-state index contributed by atoms with van der Waals surface area (Å²) in [6.45, 7) is 5.70. The van der Waals surface area contributed by atoms with Gasteiger partial charge >= 0.3 is 0 Å². The fourth-order valence-electron chi connectivity index (χ4n) is 2.30. The molecule has 1 aliphatic heterocycles. The summed E-state index contributed by atoms with van der Waals surface area (Å²) in [6.07, 6.45) is 2.88. The average Bonchev–Trinajstić information content (AvgIpc) is 2.38. The Balaban J connectivity index is 2.31. The van der Waals surface area contributed by atoms with Gasteiger partial charge in [0.15, 0.2) is 0 Å². The van der Waals surface area contributed by atoms with E-state index in [2.05, 4.69) is 22.3 Å². The molecule has 0 aromatic carbocycles. The minimum Gasteiger partial charge on any atom is -0.381 e. The van der Waals surface area contributed by atoms with Gasteiger partial charge in [-0.2, -0.15) is 0 Å². The molecule has 17 heavy (non-hydrogen) atoms. The monoisotopic (exact) mass is 236 g/mol. The number of anilines is 1. The molecule has 3 N–H and O–H groups in total. The summed E-state index contributed by atoms with van der Waals surface area (Å²) in [6, 6.07) is 0. The molecule has 0 bridgehead atoms. The van der Waals surface area contributed by atoms with Crippen molar-refractivity contribution in [2.75, 3.05) is 18.6 Å². The van der Waals surface area contributed by atoms with E-state index in [1.165, 1.54) is 0 Å². The number of rotatable bonds is 3. The SMILES string of the molecule is CCc1c(C)nc(C2CCOCC2)nc1NN. The summed E-state index contributed by atoms with van der Waals surface area (Å²) in [4.78, 5) is 9.16. The van der Waals surface area contributed by atoms with E-state index in [-0.39, 0.29) is 0 Å². The first-order valence-corrected chi connectivity index (χ1v) is 6.18. The molecule has 0 radical (unpaired) electrons. The van der Waals surface area contributed by atoms with Crippen molar-refractivity contribution in [1.82, 2.24) is 9.97 Å². The number of hydrogen-bond donors (Lipinski definition) is 2. The van der Waals surface area contributed by atoms with E-state index >= 15 is 0 Å². The lowest BCUT2D eigenvalue weighted by Crippen LogP contribution is -2.20. The molecule has 1 aliphatic rings. The molecule has 0 spiro atoms. The van der Waals surface area contributed by atoms with Gasteiger partial charge in [0.1, 0.15) is 11.6 Å².